The maximum atomic E-state index is 6.40. The van der Waals surface area contributed by atoms with Gasteiger partial charge in [0.2, 0.25) is 0 Å². The molecule has 3 rings (SSSR count). The zero-order valence-electron chi connectivity index (χ0n) is 12.5. The van der Waals surface area contributed by atoms with E-state index in [4.69, 9.17) is 9.47 Å². The van der Waals surface area contributed by atoms with Gasteiger partial charge in [-0.15, -0.1) is 0 Å². The van der Waals surface area contributed by atoms with E-state index in [1.54, 1.807) is 7.11 Å². The molecule has 2 nitrogen and oxygen atoms in total. The van der Waals surface area contributed by atoms with Gasteiger partial charge in [-0.25, -0.2) is 0 Å². The molecule has 0 aromatic heterocycles. The van der Waals surface area contributed by atoms with Gasteiger partial charge in [0.05, 0.1) is 7.11 Å². The Kier molecular flexibility index (Phi) is 2.81. The second-order valence-electron chi connectivity index (χ2n) is 6.99. The number of benzene rings is 1. The Hall–Kier alpha value is -1.18. The highest BCUT2D eigenvalue weighted by Gasteiger charge is 2.50. The van der Waals surface area contributed by atoms with E-state index in [1.807, 2.05) is 6.07 Å². The molecule has 1 fully saturated rings. The van der Waals surface area contributed by atoms with Crippen molar-refractivity contribution in [2.75, 3.05) is 7.11 Å². The van der Waals surface area contributed by atoms with Crippen molar-refractivity contribution in [1.29, 1.82) is 0 Å². The maximum absolute atomic E-state index is 6.40. The molecule has 0 amide bonds. The lowest BCUT2D eigenvalue weighted by atomic mass is 9.59. The molecule has 0 saturated heterocycles. The summed E-state index contributed by atoms with van der Waals surface area (Å²) < 4.78 is 11.7. The number of ether oxygens (including phenoxy) is 2. The number of hydrogen-bond donors (Lipinski definition) is 0. The van der Waals surface area contributed by atoms with Crippen LogP contribution in [-0.2, 0) is 6.42 Å². The summed E-state index contributed by atoms with van der Waals surface area (Å²) in [6.45, 7) is 7.08. The molecule has 0 N–H and O–H groups in total. The molecule has 104 valence electrons. The summed E-state index contributed by atoms with van der Waals surface area (Å²) in [5, 5.41) is 0. The molecule has 0 radical (unpaired) electrons. The van der Waals surface area contributed by atoms with Gasteiger partial charge in [-0.2, -0.15) is 0 Å². The van der Waals surface area contributed by atoms with Gasteiger partial charge >= 0.3 is 0 Å². The average molecular weight is 260 g/mol. The molecule has 2 heteroatoms. The summed E-state index contributed by atoms with van der Waals surface area (Å²) in [6.07, 6.45) is 4.85. The van der Waals surface area contributed by atoms with E-state index < -0.39 is 0 Å². The Balaban J connectivity index is 2.01. The largest absolute Gasteiger partial charge is 0.497 e. The molecule has 1 aliphatic carbocycles. The van der Waals surface area contributed by atoms with Gasteiger partial charge in [-0.3, -0.25) is 0 Å². The van der Waals surface area contributed by atoms with Crippen LogP contribution >= 0.6 is 0 Å². The standard InChI is InChI=1S/C17H24O2/c1-16(2)8-5-9-17(3)15(16)11-12-10-13(18-4)6-7-14(12)19-17/h6-7,10,15H,5,8-9,11H2,1-4H3/t15-,17-/m0/s1. The fraction of sp³-hybridized carbons (Fsp3) is 0.647. The lowest BCUT2D eigenvalue weighted by molar-refractivity contribution is -0.0816. The highest BCUT2D eigenvalue weighted by molar-refractivity contribution is 5.43. The van der Waals surface area contributed by atoms with Crippen LogP contribution in [0.15, 0.2) is 18.2 Å². The van der Waals surface area contributed by atoms with Crippen molar-refractivity contribution < 1.29 is 9.47 Å². The van der Waals surface area contributed by atoms with Crippen molar-refractivity contribution >= 4 is 0 Å². The molecule has 0 bridgehead atoms. The van der Waals surface area contributed by atoms with Crippen LogP contribution in [0.2, 0.25) is 0 Å². The SMILES string of the molecule is COc1ccc2c(c1)C[C@H]1C(C)(C)CCC[C@]1(C)O2. The molecule has 1 aromatic carbocycles. The summed E-state index contributed by atoms with van der Waals surface area (Å²) in [5.41, 5.74) is 1.66. The molecule has 0 spiro atoms. The van der Waals surface area contributed by atoms with Gasteiger partial charge in [0.1, 0.15) is 17.1 Å². The first-order valence-electron chi connectivity index (χ1n) is 7.30. The van der Waals surface area contributed by atoms with Crippen LogP contribution in [0.3, 0.4) is 0 Å². The summed E-state index contributed by atoms with van der Waals surface area (Å²) in [7, 11) is 1.72. The lowest BCUT2D eigenvalue weighted by Crippen LogP contribution is -2.53. The van der Waals surface area contributed by atoms with Gasteiger partial charge in [0, 0.05) is 5.92 Å². The van der Waals surface area contributed by atoms with Crippen molar-refractivity contribution in [2.45, 2.75) is 52.1 Å². The third-order valence-electron chi connectivity index (χ3n) is 5.21. The van der Waals surface area contributed by atoms with E-state index in [1.165, 1.54) is 24.8 Å². The highest BCUT2D eigenvalue weighted by atomic mass is 16.5. The fourth-order valence-electron chi connectivity index (χ4n) is 4.10. The van der Waals surface area contributed by atoms with Gasteiger partial charge in [0.25, 0.3) is 0 Å². The Morgan fingerprint density at radius 3 is 2.74 bits per heavy atom. The predicted molar refractivity (Wildman–Crippen MR) is 76.9 cm³/mol. The number of hydrogen-bond acceptors (Lipinski definition) is 2. The minimum absolute atomic E-state index is 0.00331. The molecule has 1 aliphatic heterocycles. The quantitative estimate of drug-likeness (QED) is 0.753. The monoisotopic (exact) mass is 260 g/mol. The third kappa shape index (κ3) is 2.01. The lowest BCUT2D eigenvalue weighted by Gasteiger charge is -2.53. The van der Waals surface area contributed by atoms with Crippen LogP contribution in [0, 0.1) is 11.3 Å². The van der Waals surface area contributed by atoms with Crippen molar-refractivity contribution in [1.82, 2.24) is 0 Å². The molecule has 2 atom stereocenters. The first-order chi connectivity index (χ1) is 8.94. The van der Waals surface area contributed by atoms with Crippen LogP contribution in [0.4, 0.5) is 0 Å². The topological polar surface area (TPSA) is 18.5 Å². The molecule has 19 heavy (non-hydrogen) atoms. The number of methoxy groups -OCH3 is 1. The van der Waals surface area contributed by atoms with E-state index in [2.05, 4.69) is 32.9 Å². The number of fused-ring (bicyclic) bond motifs is 2. The minimum atomic E-state index is 0.00331. The zero-order chi connectivity index (χ0) is 13.7. The Labute approximate surface area is 116 Å². The average Bonchev–Trinajstić information content (AvgIpc) is 2.36. The Morgan fingerprint density at radius 1 is 1.21 bits per heavy atom. The zero-order valence-corrected chi connectivity index (χ0v) is 12.5. The molecular weight excluding hydrogens is 236 g/mol. The van der Waals surface area contributed by atoms with Crippen molar-refractivity contribution in [3.8, 4) is 11.5 Å². The first-order valence-corrected chi connectivity index (χ1v) is 7.30. The van der Waals surface area contributed by atoms with E-state index >= 15 is 0 Å². The molecule has 1 saturated carbocycles. The normalized spacial score (nSPS) is 31.9. The molecular formula is C17H24O2. The smallest absolute Gasteiger partial charge is 0.123 e. The van der Waals surface area contributed by atoms with Crippen LogP contribution in [-0.4, -0.2) is 12.7 Å². The summed E-state index contributed by atoms with van der Waals surface area (Å²) in [4.78, 5) is 0. The van der Waals surface area contributed by atoms with Gasteiger partial charge < -0.3 is 9.47 Å². The van der Waals surface area contributed by atoms with E-state index in [-0.39, 0.29) is 5.60 Å². The third-order valence-corrected chi connectivity index (χ3v) is 5.21. The fourth-order valence-corrected chi connectivity index (χ4v) is 4.10. The molecule has 1 aromatic rings. The van der Waals surface area contributed by atoms with Crippen molar-refractivity contribution in [3.05, 3.63) is 23.8 Å². The molecule has 0 unspecified atom stereocenters. The summed E-state index contributed by atoms with van der Waals surface area (Å²) >= 11 is 0. The van der Waals surface area contributed by atoms with Gasteiger partial charge in [0.15, 0.2) is 0 Å². The maximum Gasteiger partial charge on any atom is 0.123 e. The summed E-state index contributed by atoms with van der Waals surface area (Å²) in [5.74, 6) is 2.57. The second-order valence-corrected chi connectivity index (χ2v) is 6.99. The van der Waals surface area contributed by atoms with E-state index in [0.29, 0.717) is 11.3 Å². The predicted octanol–water partition coefficient (Wildman–Crippen LogP) is 4.22. The molecule has 2 aliphatic rings. The van der Waals surface area contributed by atoms with Crippen LogP contribution in [0.5, 0.6) is 11.5 Å². The highest BCUT2D eigenvalue weighted by Crippen LogP contribution is 2.53. The second kappa shape index (κ2) is 4.16. The Bertz CT molecular complexity index is 492. The Morgan fingerprint density at radius 2 is 2.00 bits per heavy atom. The van der Waals surface area contributed by atoms with Crippen LogP contribution in [0.1, 0.15) is 45.6 Å². The van der Waals surface area contributed by atoms with Crippen molar-refractivity contribution in [2.24, 2.45) is 11.3 Å². The van der Waals surface area contributed by atoms with E-state index in [0.717, 1.165) is 17.9 Å². The summed E-state index contributed by atoms with van der Waals surface area (Å²) in [6, 6.07) is 6.20. The first kappa shape index (κ1) is 12.8. The van der Waals surface area contributed by atoms with Gasteiger partial charge in [-0.05, 0) is 61.8 Å². The minimum Gasteiger partial charge on any atom is -0.497 e. The number of rotatable bonds is 1. The van der Waals surface area contributed by atoms with Crippen LogP contribution < -0.4 is 9.47 Å². The molecule has 1 heterocycles. The van der Waals surface area contributed by atoms with Crippen molar-refractivity contribution in [3.63, 3.8) is 0 Å². The van der Waals surface area contributed by atoms with Gasteiger partial charge in [-0.1, -0.05) is 13.8 Å². The van der Waals surface area contributed by atoms with E-state index in [9.17, 15) is 0 Å². The van der Waals surface area contributed by atoms with Crippen LogP contribution in [0.25, 0.3) is 0 Å².